The van der Waals surface area contributed by atoms with Crippen LogP contribution in [0.15, 0.2) is 4.99 Å². The lowest BCUT2D eigenvalue weighted by molar-refractivity contribution is 0.0643. The quantitative estimate of drug-likeness (QED) is 0.185. The molecule has 0 heterocycles. The van der Waals surface area contributed by atoms with E-state index in [-0.39, 0.29) is 5.96 Å². The number of nitrogens with two attached hydrogens (primary N) is 2. The van der Waals surface area contributed by atoms with Gasteiger partial charge in [-0.3, -0.25) is 5.43 Å². The van der Waals surface area contributed by atoms with Gasteiger partial charge >= 0.3 is 0 Å². The van der Waals surface area contributed by atoms with Crippen molar-refractivity contribution in [3.8, 4) is 0 Å². The van der Waals surface area contributed by atoms with Crippen LogP contribution < -0.4 is 17.0 Å². The van der Waals surface area contributed by atoms with Gasteiger partial charge in [0.05, 0.1) is 19.3 Å². The van der Waals surface area contributed by atoms with E-state index in [1.807, 2.05) is 0 Å². The Kier molecular flexibility index (Phi) is 4.56. The van der Waals surface area contributed by atoms with Crippen LogP contribution in [0.5, 0.6) is 0 Å². The fourth-order valence-electron chi connectivity index (χ4n) is 1.49. The van der Waals surface area contributed by atoms with E-state index < -0.39 is 0 Å². The van der Waals surface area contributed by atoms with E-state index in [0.29, 0.717) is 19.3 Å². The molecule has 1 aliphatic rings. The number of hydrogen-bond donors (Lipinski definition) is 3. The highest BCUT2D eigenvalue weighted by molar-refractivity contribution is 5.77. The molecule has 1 rings (SSSR count). The first-order valence-corrected chi connectivity index (χ1v) is 4.71. The Morgan fingerprint density at radius 2 is 2.15 bits per heavy atom. The summed E-state index contributed by atoms with van der Waals surface area (Å²) < 4.78 is 5.57. The fourth-order valence-corrected chi connectivity index (χ4v) is 1.49. The number of guanidine groups is 1. The van der Waals surface area contributed by atoms with Gasteiger partial charge < -0.3 is 10.5 Å². The summed E-state index contributed by atoms with van der Waals surface area (Å²) in [4.78, 5) is 3.94. The summed E-state index contributed by atoms with van der Waals surface area (Å²) in [6, 6.07) is 0. The van der Waals surface area contributed by atoms with E-state index in [9.17, 15) is 0 Å². The molecule has 76 valence electrons. The van der Waals surface area contributed by atoms with Crippen molar-refractivity contribution < 1.29 is 4.74 Å². The van der Waals surface area contributed by atoms with Crippen LogP contribution in [0.25, 0.3) is 0 Å². The molecule has 0 aliphatic heterocycles. The van der Waals surface area contributed by atoms with Crippen molar-refractivity contribution in [1.82, 2.24) is 5.43 Å². The number of hydrogen-bond acceptors (Lipinski definition) is 3. The summed E-state index contributed by atoms with van der Waals surface area (Å²) in [5.41, 5.74) is 7.59. The summed E-state index contributed by atoms with van der Waals surface area (Å²) >= 11 is 0. The Balaban J connectivity index is 2.00. The van der Waals surface area contributed by atoms with Gasteiger partial charge in [-0.2, -0.15) is 0 Å². The lowest BCUT2D eigenvalue weighted by atomic mass is 10.3. The smallest absolute Gasteiger partial charge is 0.203 e. The average Bonchev–Trinajstić information content (AvgIpc) is 2.64. The number of aliphatic imine (C=N–C) groups is 1. The SMILES string of the molecule is NNC(N)=NCCOC1CCCC1. The predicted octanol–water partition coefficient (Wildman–Crippen LogP) is -0.276. The molecule has 1 fully saturated rings. The van der Waals surface area contributed by atoms with Gasteiger partial charge in [-0.05, 0) is 12.8 Å². The zero-order valence-corrected chi connectivity index (χ0v) is 7.83. The Bertz CT molecular complexity index is 166. The van der Waals surface area contributed by atoms with Gasteiger partial charge in [-0.1, -0.05) is 12.8 Å². The summed E-state index contributed by atoms with van der Waals surface area (Å²) in [5, 5.41) is 0. The molecule has 5 N–H and O–H groups in total. The monoisotopic (exact) mass is 186 g/mol. The predicted molar refractivity (Wildman–Crippen MR) is 52.0 cm³/mol. The van der Waals surface area contributed by atoms with Gasteiger partial charge in [0, 0.05) is 0 Å². The van der Waals surface area contributed by atoms with Gasteiger partial charge in [0.15, 0.2) is 0 Å². The maximum Gasteiger partial charge on any atom is 0.203 e. The van der Waals surface area contributed by atoms with Gasteiger partial charge in [-0.25, -0.2) is 10.8 Å². The molecule has 0 saturated heterocycles. The number of hydrazine groups is 1. The molecule has 5 heteroatoms. The first-order chi connectivity index (χ1) is 6.33. The number of nitrogens with zero attached hydrogens (tertiary/aromatic N) is 1. The number of rotatable bonds is 4. The van der Waals surface area contributed by atoms with Crippen molar-refractivity contribution in [2.24, 2.45) is 16.6 Å². The molecule has 13 heavy (non-hydrogen) atoms. The van der Waals surface area contributed by atoms with Crippen molar-refractivity contribution in [3.63, 3.8) is 0 Å². The fraction of sp³-hybridized carbons (Fsp3) is 0.875. The molecule has 0 spiro atoms. The molecule has 0 radical (unpaired) electrons. The molecule has 0 aromatic carbocycles. The normalized spacial score (nSPS) is 19.3. The summed E-state index contributed by atoms with van der Waals surface area (Å²) in [6.07, 6.45) is 5.41. The van der Waals surface area contributed by atoms with Crippen LogP contribution in [-0.4, -0.2) is 25.2 Å². The maximum absolute atomic E-state index is 5.57. The van der Waals surface area contributed by atoms with Crippen LogP contribution in [0.3, 0.4) is 0 Å². The molecular formula is C8H18N4O. The minimum atomic E-state index is 0.259. The maximum atomic E-state index is 5.57. The van der Waals surface area contributed by atoms with Crippen LogP contribution in [0.4, 0.5) is 0 Å². The third-order valence-corrected chi connectivity index (χ3v) is 2.18. The van der Waals surface area contributed by atoms with Gasteiger partial charge in [-0.15, -0.1) is 0 Å². The van der Waals surface area contributed by atoms with Gasteiger partial charge in [0.1, 0.15) is 0 Å². The standard InChI is InChI=1S/C8H18N4O/c9-8(12-10)11-5-6-13-7-3-1-2-4-7/h7H,1-6,10H2,(H3,9,11,12). The van der Waals surface area contributed by atoms with Gasteiger partial charge in [0.2, 0.25) is 5.96 Å². The van der Waals surface area contributed by atoms with Crippen molar-refractivity contribution in [3.05, 3.63) is 0 Å². The van der Waals surface area contributed by atoms with E-state index in [2.05, 4.69) is 10.4 Å². The molecule has 0 aromatic rings. The number of ether oxygens (including phenoxy) is 1. The molecule has 1 aliphatic carbocycles. The highest BCUT2D eigenvalue weighted by Crippen LogP contribution is 2.20. The van der Waals surface area contributed by atoms with Crippen molar-refractivity contribution in [2.45, 2.75) is 31.8 Å². The van der Waals surface area contributed by atoms with Gasteiger partial charge in [0.25, 0.3) is 0 Å². The summed E-state index contributed by atoms with van der Waals surface area (Å²) in [7, 11) is 0. The third-order valence-electron chi connectivity index (χ3n) is 2.18. The Labute approximate surface area is 78.5 Å². The second-order valence-corrected chi connectivity index (χ2v) is 3.19. The van der Waals surface area contributed by atoms with Crippen molar-refractivity contribution in [1.29, 1.82) is 0 Å². The van der Waals surface area contributed by atoms with E-state index in [1.165, 1.54) is 25.7 Å². The largest absolute Gasteiger partial charge is 0.376 e. The molecule has 0 atom stereocenters. The number of nitrogens with one attached hydrogen (secondary N) is 1. The lowest BCUT2D eigenvalue weighted by Gasteiger charge is -2.09. The second kappa shape index (κ2) is 5.77. The van der Waals surface area contributed by atoms with Crippen molar-refractivity contribution >= 4 is 5.96 Å². The highest BCUT2D eigenvalue weighted by Gasteiger charge is 2.14. The minimum Gasteiger partial charge on any atom is -0.376 e. The van der Waals surface area contributed by atoms with Crippen molar-refractivity contribution in [2.75, 3.05) is 13.2 Å². The van der Waals surface area contributed by atoms with E-state index in [4.69, 9.17) is 16.3 Å². The summed E-state index contributed by atoms with van der Waals surface area (Å²) in [5.74, 6) is 5.29. The second-order valence-electron chi connectivity index (χ2n) is 3.19. The molecule has 1 saturated carbocycles. The zero-order chi connectivity index (χ0) is 9.52. The van der Waals surface area contributed by atoms with Crippen LogP contribution in [0.1, 0.15) is 25.7 Å². The minimum absolute atomic E-state index is 0.259. The van der Waals surface area contributed by atoms with Crippen LogP contribution >= 0.6 is 0 Å². The average molecular weight is 186 g/mol. The molecule has 0 amide bonds. The Hall–Kier alpha value is -0.810. The Morgan fingerprint density at radius 3 is 2.77 bits per heavy atom. The molecule has 0 aromatic heterocycles. The van der Waals surface area contributed by atoms with Crippen LogP contribution in [0, 0.1) is 0 Å². The van der Waals surface area contributed by atoms with E-state index in [0.717, 1.165) is 0 Å². The molecule has 0 bridgehead atoms. The van der Waals surface area contributed by atoms with Crippen LogP contribution in [0.2, 0.25) is 0 Å². The summed E-state index contributed by atoms with van der Waals surface area (Å²) in [6.45, 7) is 1.21. The zero-order valence-electron chi connectivity index (χ0n) is 7.83. The third kappa shape index (κ3) is 4.10. The van der Waals surface area contributed by atoms with Crippen LogP contribution in [-0.2, 0) is 4.74 Å². The van der Waals surface area contributed by atoms with E-state index in [1.54, 1.807) is 0 Å². The molecular weight excluding hydrogens is 168 g/mol. The Morgan fingerprint density at radius 1 is 1.46 bits per heavy atom. The topological polar surface area (TPSA) is 85.7 Å². The van der Waals surface area contributed by atoms with E-state index >= 15 is 0 Å². The first-order valence-electron chi connectivity index (χ1n) is 4.71. The lowest BCUT2D eigenvalue weighted by Crippen LogP contribution is -2.37. The molecule has 0 unspecified atom stereocenters. The first kappa shape index (κ1) is 10.3. The highest BCUT2D eigenvalue weighted by atomic mass is 16.5. The molecule has 5 nitrogen and oxygen atoms in total.